The molecule has 0 spiro atoms. The molecule has 4 N–H and O–H groups in total. The Kier molecular flexibility index (Phi) is 5.66. The van der Waals surface area contributed by atoms with Gasteiger partial charge < -0.3 is 15.9 Å². The van der Waals surface area contributed by atoms with Crippen LogP contribution in [0.3, 0.4) is 0 Å². The lowest BCUT2D eigenvalue weighted by molar-refractivity contribution is 0.266. The minimum absolute atomic E-state index is 0. The fourth-order valence-electron chi connectivity index (χ4n) is 1.03. The fraction of sp³-hybridized carbons (Fsp3) is 0.333. The average Bonchev–Trinajstić information content (AvgIpc) is 2.17. The van der Waals surface area contributed by atoms with Gasteiger partial charge >= 0.3 is 0 Å². The Hall–Kier alpha value is -0.610. The maximum atomic E-state index is 8.81. The topological polar surface area (TPSA) is 66.5 Å². The van der Waals surface area contributed by atoms with Crippen molar-refractivity contribution in [3.05, 3.63) is 35.4 Å². The summed E-state index contributed by atoms with van der Waals surface area (Å²) in [6, 6.07) is 6.90. The third kappa shape index (κ3) is 3.32. The van der Waals surface area contributed by atoms with Crippen LogP contribution in [0.2, 0.25) is 0 Å². The van der Waals surface area contributed by atoms with Crippen molar-refractivity contribution in [3.8, 4) is 0 Å². The van der Waals surface area contributed by atoms with Crippen LogP contribution in [-0.4, -0.2) is 16.8 Å². The largest absolute Gasteiger partial charge is 0.394 e. The van der Waals surface area contributed by atoms with Gasteiger partial charge in [-0.3, -0.25) is 0 Å². The molecule has 0 aliphatic carbocycles. The van der Waals surface area contributed by atoms with E-state index in [9.17, 15) is 0 Å². The van der Waals surface area contributed by atoms with E-state index in [1.54, 1.807) is 6.07 Å². The van der Waals surface area contributed by atoms with Gasteiger partial charge in [-0.05, 0) is 11.1 Å². The van der Waals surface area contributed by atoms with E-state index in [1.165, 1.54) is 0 Å². The second-order valence-electron chi connectivity index (χ2n) is 2.69. The van der Waals surface area contributed by atoms with Crippen molar-refractivity contribution in [2.24, 2.45) is 5.73 Å². The number of hydrogen-bond acceptors (Lipinski definition) is 3. The third-order valence-corrected chi connectivity index (χ3v) is 1.76. The van der Waals surface area contributed by atoms with Crippen molar-refractivity contribution in [3.63, 3.8) is 0 Å². The highest BCUT2D eigenvalue weighted by Gasteiger charge is 2.03. The highest BCUT2D eigenvalue weighted by molar-refractivity contribution is 5.85. The van der Waals surface area contributed by atoms with E-state index in [4.69, 9.17) is 15.9 Å². The van der Waals surface area contributed by atoms with E-state index in [0.717, 1.165) is 11.1 Å². The highest BCUT2D eigenvalue weighted by Crippen LogP contribution is 2.11. The van der Waals surface area contributed by atoms with E-state index in [2.05, 4.69) is 0 Å². The molecule has 0 aromatic heterocycles. The molecule has 0 saturated carbocycles. The third-order valence-electron chi connectivity index (χ3n) is 1.76. The van der Waals surface area contributed by atoms with Gasteiger partial charge in [0, 0.05) is 0 Å². The predicted molar refractivity (Wildman–Crippen MR) is 53.6 cm³/mol. The molecule has 1 atom stereocenters. The summed E-state index contributed by atoms with van der Waals surface area (Å²) in [5, 5.41) is 17.6. The van der Waals surface area contributed by atoms with Gasteiger partial charge in [-0.2, -0.15) is 0 Å². The summed E-state index contributed by atoms with van der Waals surface area (Å²) in [5.74, 6) is 0. The van der Waals surface area contributed by atoms with Crippen LogP contribution in [-0.2, 0) is 6.61 Å². The molecule has 13 heavy (non-hydrogen) atoms. The maximum Gasteiger partial charge on any atom is 0.0681 e. The average molecular weight is 204 g/mol. The molecule has 0 saturated heterocycles. The summed E-state index contributed by atoms with van der Waals surface area (Å²) >= 11 is 0. The lowest BCUT2D eigenvalue weighted by Gasteiger charge is -2.08. The standard InChI is InChI=1S/C9H13NO2.ClH/c10-9(6-12)8-3-1-2-7(4-8)5-11;/h1-4,9,11-12H,5-6,10H2;1H/t9-;/m1./s1. The van der Waals surface area contributed by atoms with Gasteiger partial charge in [-0.25, -0.2) is 0 Å². The van der Waals surface area contributed by atoms with Crippen molar-refractivity contribution < 1.29 is 10.2 Å². The minimum Gasteiger partial charge on any atom is -0.394 e. The molecule has 0 heterocycles. The molecular weight excluding hydrogens is 190 g/mol. The van der Waals surface area contributed by atoms with Crippen LogP contribution in [0.1, 0.15) is 17.2 Å². The molecule has 0 aliphatic heterocycles. The number of rotatable bonds is 3. The van der Waals surface area contributed by atoms with Gasteiger partial charge in [-0.15, -0.1) is 12.4 Å². The van der Waals surface area contributed by atoms with E-state index in [0.29, 0.717) is 0 Å². The van der Waals surface area contributed by atoms with Gasteiger partial charge in [-0.1, -0.05) is 24.3 Å². The summed E-state index contributed by atoms with van der Waals surface area (Å²) in [6.07, 6.45) is 0. The SMILES string of the molecule is Cl.N[C@H](CO)c1cccc(CO)c1. The number of aliphatic hydroxyl groups excluding tert-OH is 2. The van der Waals surface area contributed by atoms with Crippen LogP contribution >= 0.6 is 12.4 Å². The zero-order chi connectivity index (χ0) is 8.97. The fourth-order valence-corrected chi connectivity index (χ4v) is 1.03. The molecule has 1 aromatic rings. The molecule has 0 aliphatic rings. The molecule has 0 radical (unpaired) electrons. The zero-order valence-electron chi connectivity index (χ0n) is 7.18. The summed E-state index contributed by atoms with van der Waals surface area (Å²) < 4.78 is 0. The van der Waals surface area contributed by atoms with Crippen molar-refractivity contribution in [1.29, 1.82) is 0 Å². The lowest BCUT2D eigenvalue weighted by Crippen LogP contribution is -2.14. The number of halogens is 1. The van der Waals surface area contributed by atoms with Crippen LogP contribution in [0.5, 0.6) is 0 Å². The molecule has 0 unspecified atom stereocenters. The smallest absolute Gasteiger partial charge is 0.0681 e. The van der Waals surface area contributed by atoms with Crippen LogP contribution in [0.15, 0.2) is 24.3 Å². The first-order valence-electron chi connectivity index (χ1n) is 3.84. The predicted octanol–water partition coefficient (Wildman–Crippen LogP) is 0.593. The Balaban J connectivity index is 0.00000144. The molecular formula is C9H14ClNO2. The second kappa shape index (κ2) is 5.94. The van der Waals surface area contributed by atoms with Crippen molar-refractivity contribution in [2.45, 2.75) is 12.6 Å². The van der Waals surface area contributed by atoms with Crippen LogP contribution in [0.25, 0.3) is 0 Å². The van der Waals surface area contributed by atoms with Gasteiger partial charge in [0.1, 0.15) is 0 Å². The lowest BCUT2D eigenvalue weighted by atomic mass is 10.1. The van der Waals surface area contributed by atoms with Crippen LogP contribution < -0.4 is 5.73 Å². The molecule has 3 nitrogen and oxygen atoms in total. The number of aliphatic hydroxyl groups is 2. The Morgan fingerprint density at radius 3 is 2.54 bits per heavy atom. The van der Waals surface area contributed by atoms with Crippen LogP contribution in [0.4, 0.5) is 0 Å². The molecule has 0 bridgehead atoms. The normalized spacial score (nSPS) is 11.9. The first kappa shape index (κ1) is 12.4. The van der Waals surface area contributed by atoms with Crippen molar-refractivity contribution >= 4 is 12.4 Å². The van der Waals surface area contributed by atoms with Crippen molar-refractivity contribution in [1.82, 2.24) is 0 Å². The second-order valence-corrected chi connectivity index (χ2v) is 2.69. The first-order valence-corrected chi connectivity index (χ1v) is 3.84. The number of nitrogens with two attached hydrogens (primary N) is 1. The Morgan fingerprint density at radius 2 is 2.00 bits per heavy atom. The van der Waals surface area contributed by atoms with E-state index < -0.39 is 0 Å². The van der Waals surface area contributed by atoms with E-state index in [1.807, 2.05) is 18.2 Å². The highest BCUT2D eigenvalue weighted by atomic mass is 35.5. The summed E-state index contributed by atoms with van der Waals surface area (Å²) in [4.78, 5) is 0. The number of benzene rings is 1. The Bertz CT molecular complexity index is 255. The molecule has 4 heteroatoms. The monoisotopic (exact) mass is 203 g/mol. The van der Waals surface area contributed by atoms with Gasteiger partial charge in [0.25, 0.3) is 0 Å². The quantitative estimate of drug-likeness (QED) is 0.674. The van der Waals surface area contributed by atoms with Crippen LogP contribution in [0, 0.1) is 0 Å². The summed E-state index contributed by atoms with van der Waals surface area (Å²) in [6.45, 7) is -0.0686. The summed E-state index contributed by atoms with van der Waals surface area (Å²) in [7, 11) is 0. The summed E-state index contributed by atoms with van der Waals surface area (Å²) in [5.41, 5.74) is 7.25. The molecule has 1 rings (SSSR count). The first-order chi connectivity index (χ1) is 5.77. The Labute approximate surface area is 83.6 Å². The minimum atomic E-state index is -0.350. The van der Waals surface area contributed by atoms with E-state index >= 15 is 0 Å². The van der Waals surface area contributed by atoms with Gasteiger partial charge in [0.15, 0.2) is 0 Å². The Morgan fingerprint density at radius 1 is 1.31 bits per heavy atom. The van der Waals surface area contributed by atoms with E-state index in [-0.39, 0.29) is 31.7 Å². The maximum absolute atomic E-state index is 8.81. The molecule has 1 aromatic carbocycles. The van der Waals surface area contributed by atoms with Crippen molar-refractivity contribution in [2.75, 3.05) is 6.61 Å². The van der Waals surface area contributed by atoms with Gasteiger partial charge in [0.05, 0.1) is 19.3 Å². The molecule has 74 valence electrons. The van der Waals surface area contributed by atoms with Gasteiger partial charge in [0.2, 0.25) is 0 Å². The number of hydrogen-bond donors (Lipinski definition) is 3. The molecule has 0 fully saturated rings. The molecule has 0 amide bonds. The zero-order valence-corrected chi connectivity index (χ0v) is 8.00.